The number of benzene rings is 1. The van der Waals surface area contributed by atoms with Crippen molar-refractivity contribution >= 4 is 9.84 Å². The van der Waals surface area contributed by atoms with Crippen LogP contribution >= 0.6 is 0 Å². The van der Waals surface area contributed by atoms with Gasteiger partial charge in [-0.2, -0.15) is 0 Å². The molecule has 21 heavy (non-hydrogen) atoms. The van der Waals surface area contributed by atoms with Crippen LogP contribution in [-0.4, -0.2) is 58.1 Å². The van der Waals surface area contributed by atoms with Crippen molar-refractivity contribution in [2.24, 2.45) is 0 Å². The summed E-state index contributed by atoms with van der Waals surface area (Å²) in [5.74, 6) is 1.45. The molecule has 0 saturated carbocycles. The second-order valence-corrected chi connectivity index (χ2v) is 7.79. The average molecular weight is 312 g/mol. The summed E-state index contributed by atoms with van der Waals surface area (Å²) in [4.78, 5) is 2.09. The number of nitrogens with zero attached hydrogens (tertiary/aromatic N) is 1. The molecule has 1 saturated heterocycles. The normalized spacial score (nSPS) is 20.8. The Morgan fingerprint density at radius 2 is 2.24 bits per heavy atom. The molecule has 5 nitrogen and oxygen atoms in total. The molecule has 0 amide bonds. The summed E-state index contributed by atoms with van der Waals surface area (Å²) in [7, 11) is 1.06. The lowest BCUT2D eigenvalue weighted by Crippen LogP contribution is -2.35. The molecule has 1 heterocycles. The minimum atomic E-state index is -2.82. The molecular weight excluding hydrogens is 288 g/mol. The standard InChI is InChI=1S/C15H24N2O3S/c1-16-11-13-4-3-5-15(10-13)20-8-7-17(2)14-6-9-21(18,19)12-14/h3-5,10,14,16H,6-9,11-12H2,1-2H3. The van der Waals surface area contributed by atoms with E-state index >= 15 is 0 Å². The molecule has 1 N–H and O–H groups in total. The van der Waals surface area contributed by atoms with E-state index in [0.717, 1.165) is 25.3 Å². The fraction of sp³-hybridized carbons (Fsp3) is 0.600. The third-order valence-electron chi connectivity index (χ3n) is 3.82. The molecule has 1 fully saturated rings. The fourth-order valence-electron chi connectivity index (χ4n) is 2.56. The smallest absolute Gasteiger partial charge is 0.151 e. The Hall–Kier alpha value is -1.11. The van der Waals surface area contributed by atoms with Crippen LogP contribution in [0.3, 0.4) is 0 Å². The Morgan fingerprint density at radius 3 is 2.90 bits per heavy atom. The Balaban J connectivity index is 1.77. The molecule has 0 bridgehead atoms. The maximum absolute atomic E-state index is 11.5. The van der Waals surface area contributed by atoms with Crippen molar-refractivity contribution in [2.45, 2.75) is 19.0 Å². The van der Waals surface area contributed by atoms with Gasteiger partial charge in [0.25, 0.3) is 0 Å². The van der Waals surface area contributed by atoms with Gasteiger partial charge in [0.1, 0.15) is 12.4 Å². The number of nitrogens with one attached hydrogen (secondary N) is 1. The van der Waals surface area contributed by atoms with Crippen molar-refractivity contribution in [3.05, 3.63) is 29.8 Å². The van der Waals surface area contributed by atoms with Crippen LogP contribution in [0.4, 0.5) is 0 Å². The number of hydrogen-bond donors (Lipinski definition) is 1. The van der Waals surface area contributed by atoms with Crippen LogP contribution in [0.1, 0.15) is 12.0 Å². The first-order valence-corrected chi connectivity index (χ1v) is 9.09. The second-order valence-electron chi connectivity index (χ2n) is 5.56. The summed E-state index contributed by atoms with van der Waals surface area (Å²) in [6.07, 6.45) is 0.733. The van der Waals surface area contributed by atoms with Crippen LogP contribution < -0.4 is 10.1 Å². The van der Waals surface area contributed by atoms with Gasteiger partial charge in [-0.25, -0.2) is 8.42 Å². The van der Waals surface area contributed by atoms with E-state index in [0.29, 0.717) is 12.4 Å². The minimum Gasteiger partial charge on any atom is -0.492 e. The maximum Gasteiger partial charge on any atom is 0.151 e. The summed E-state index contributed by atoms with van der Waals surface area (Å²) >= 11 is 0. The van der Waals surface area contributed by atoms with E-state index in [4.69, 9.17) is 4.74 Å². The van der Waals surface area contributed by atoms with Gasteiger partial charge in [0.2, 0.25) is 0 Å². The van der Waals surface area contributed by atoms with E-state index in [1.54, 1.807) is 0 Å². The van der Waals surface area contributed by atoms with Gasteiger partial charge < -0.3 is 10.1 Å². The number of hydrogen-bond acceptors (Lipinski definition) is 5. The molecule has 1 aliphatic rings. The largest absolute Gasteiger partial charge is 0.492 e. The number of rotatable bonds is 7. The summed E-state index contributed by atoms with van der Waals surface area (Å²) in [6, 6.07) is 8.14. The number of sulfone groups is 1. The summed E-state index contributed by atoms with van der Waals surface area (Å²) in [5.41, 5.74) is 1.19. The summed E-state index contributed by atoms with van der Waals surface area (Å²) in [6.45, 7) is 2.11. The van der Waals surface area contributed by atoms with E-state index in [1.165, 1.54) is 5.56 Å². The molecule has 0 aromatic heterocycles. The van der Waals surface area contributed by atoms with Crippen LogP contribution in [0.5, 0.6) is 5.75 Å². The van der Waals surface area contributed by atoms with Crippen molar-refractivity contribution in [3.8, 4) is 5.75 Å². The highest BCUT2D eigenvalue weighted by atomic mass is 32.2. The molecule has 1 unspecified atom stereocenters. The molecule has 1 aromatic carbocycles. The first-order valence-electron chi connectivity index (χ1n) is 7.27. The zero-order chi connectivity index (χ0) is 15.3. The first kappa shape index (κ1) is 16.3. The van der Waals surface area contributed by atoms with E-state index < -0.39 is 9.84 Å². The van der Waals surface area contributed by atoms with Gasteiger partial charge in [-0.05, 0) is 38.2 Å². The molecule has 1 atom stereocenters. The molecule has 0 spiro atoms. The monoisotopic (exact) mass is 312 g/mol. The second kappa shape index (κ2) is 7.24. The van der Waals surface area contributed by atoms with Crippen LogP contribution in [-0.2, 0) is 16.4 Å². The maximum atomic E-state index is 11.5. The van der Waals surface area contributed by atoms with Gasteiger partial charge >= 0.3 is 0 Å². The van der Waals surface area contributed by atoms with Crippen LogP contribution in [0, 0.1) is 0 Å². The van der Waals surface area contributed by atoms with E-state index in [1.807, 2.05) is 32.3 Å². The molecular formula is C15H24N2O3S. The molecule has 0 aliphatic carbocycles. The topological polar surface area (TPSA) is 58.6 Å². The van der Waals surface area contributed by atoms with Crippen molar-refractivity contribution < 1.29 is 13.2 Å². The van der Waals surface area contributed by atoms with Crippen LogP contribution in [0.25, 0.3) is 0 Å². The first-order chi connectivity index (χ1) is 10.00. The highest BCUT2D eigenvalue weighted by molar-refractivity contribution is 7.91. The van der Waals surface area contributed by atoms with Gasteiger partial charge in [-0.15, -0.1) is 0 Å². The number of likely N-dealkylation sites (N-methyl/N-ethyl adjacent to an activating group) is 1. The van der Waals surface area contributed by atoms with Gasteiger partial charge in [0, 0.05) is 19.1 Å². The summed E-state index contributed by atoms with van der Waals surface area (Å²) in [5, 5.41) is 3.11. The SMILES string of the molecule is CNCc1cccc(OCCN(C)C2CCS(=O)(=O)C2)c1. The van der Waals surface area contributed by atoms with E-state index in [-0.39, 0.29) is 11.8 Å². The Kier molecular flexibility index (Phi) is 5.61. The van der Waals surface area contributed by atoms with Crippen LogP contribution in [0.2, 0.25) is 0 Å². The molecule has 1 aromatic rings. The third kappa shape index (κ3) is 4.98. The van der Waals surface area contributed by atoms with Crippen molar-refractivity contribution in [3.63, 3.8) is 0 Å². The fourth-order valence-corrected chi connectivity index (χ4v) is 4.37. The quantitative estimate of drug-likeness (QED) is 0.811. The van der Waals surface area contributed by atoms with Crippen molar-refractivity contribution in [1.29, 1.82) is 0 Å². The molecule has 2 rings (SSSR count). The van der Waals surface area contributed by atoms with Crippen molar-refractivity contribution in [2.75, 3.05) is 38.8 Å². The highest BCUT2D eigenvalue weighted by Crippen LogP contribution is 2.17. The Bertz CT molecular complexity index is 560. The lowest BCUT2D eigenvalue weighted by atomic mass is 10.2. The van der Waals surface area contributed by atoms with Gasteiger partial charge in [0.15, 0.2) is 9.84 Å². The van der Waals surface area contributed by atoms with Crippen LogP contribution in [0.15, 0.2) is 24.3 Å². The third-order valence-corrected chi connectivity index (χ3v) is 5.57. The van der Waals surface area contributed by atoms with E-state index in [9.17, 15) is 8.42 Å². The van der Waals surface area contributed by atoms with Gasteiger partial charge in [-0.1, -0.05) is 12.1 Å². The molecule has 0 radical (unpaired) electrons. The van der Waals surface area contributed by atoms with Gasteiger partial charge in [-0.3, -0.25) is 4.90 Å². The lowest BCUT2D eigenvalue weighted by molar-refractivity contribution is 0.202. The molecule has 1 aliphatic heterocycles. The number of ether oxygens (including phenoxy) is 1. The average Bonchev–Trinajstić information content (AvgIpc) is 2.80. The van der Waals surface area contributed by atoms with E-state index in [2.05, 4.69) is 16.3 Å². The van der Waals surface area contributed by atoms with Gasteiger partial charge in [0.05, 0.1) is 11.5 Å². The predicted molar refractivity (Wildman–Crippen MR) is 84.4 cm³/mol. The zero-order valence-corrected chi connectivity index (χ0v) is 13.5. The lowest BCUT2D eigenvalue weighted by Gasteiger charge is -2.22. The molecule has 6 heteroatoms. The Labute approximate surface area is 127 Å². The molecule has 118 valence electrons. The minimum absolute atomic E-state index is 0.134. The summed E-state index contributed by atoms with van der Waals surface area (Å²) < 4.78 is 28.7. The van der Waals surface area contributed by atoms with Crippen molar-refractivity contribution in [1.82, 2.24) is 10.2 Å². The Morgan fingerprint density at radius 1 is 1.43 bits per heavy atom. The zero-order valence-electron chi connectivity index (χ0n) is 12.7. The highest BCUT2D eigenvalue weighted by Gasteiger charge is 2.30. The predicted octanol–water partition coefficient (Wildman–Crippen LogP) is 0.904.